The maximum absolute atomic E-state index is 11.4. The molecule has 1 aromatic heterocycles. The fraction of sp³-hybridized carbons (Fsp3) is 0.500. The Labute approximate surface area is 107 Å². The van der Waals surface area contributed by atoms with Crippen molar-refractivity contribution in [2.24, 2.45) is 5.92 Å². The summed E-state index contributed by atoms with van der Waals surface area (Å²) in [4.78, 5) is 19.3. The highest BCUT2D eigenvalue weighted by atomic mass is 79.9. The molecule has 2 amide bonds. The van der Waals surface area contributed by atoms with Gasteiger partial charge in [-0.05, 0) is 34.7 Å². The molecule has 1 fully saturated rings. The number of aliphatic hydroxyl groups is 1. The molecule has 1 unspecified atom stereocenters. The standard InChI is InChI=1S/C10H13BrN4O2/c11-8-4-13-9(5-12-8)15-10(17)14-3-7(16)6-1-2-6/h4-7,16H,1-3H2,(H2,13,14,15,17). The first-order chi connectivity index (χ1) is 8.15. The summed E-state index contributed by atoms with van der Waals surface area (Å²) in [5.74, 6) is 0.717. The van der Waals surface area contributed by atoms with Crippen molar-refractivity contribution in [2.45, 2.75) is 18.9 Å². The van der Waals surface area contributed by atoms with Crippen molar-refractivity contribution in [1.82, 2.24) is 15.3 Å². The van der Waals surface area contributed by atoms with E-state index in [9.17, 15) is 9.90 Å². The number of nitrogens with zero attached hydrogens (tertiary/aromatic N) is 2. The Hall–Kier alpha value is -1.21. The number of urea groups is 1. The minimum Gasteiger partial charge on any atom is -0.391 e. The van der Waals surface area contributed by atoms with E-state index in [1.54, 1.807) is 0 Å². The number of amides is 2. The zero-order chi connectivity index (χ0) is 12.3. The second-order valence-electron chi connectivity index (χ2n) is 3.96. The molecule has 1 saturated carbocycles. The predicted octanol–water partition coefficient (Wildman–Crippen LogP) is 1.13. The Morgan fingerprint density at radius 2 is 2.29 bits per heavy atom. The second-order valence-corrected chi connectivity index (χ2v) is 4.78. The van der Waals surface area contributed by atoms with E-state index in [0.717, 1.165) is 12.8 Å². The van der Waals surface area contributed by atoms with Crippen molar-refractivity contribution >= 4 is 27.8 Å². The van der Waals surface area contributed by atoms with E-state index in [-0.39, 0.29) is 12.6 Å². The molecule has 1 atom stereocenters. The summed E-state index contributed by atoms with van der Waals surface area (Å²) >= 11 is 3.15. The number of hydrogen-bond donors (Lipinski definition) is 3. The zero-order valence-electron chi connectivity index (χ0n) is 9.06. The number of rotatable bonds is 4. The molecule has 0 radical (unpaired) electrons. The summed E-state index contributed by atoms with van der Waals surface area (Å²) in [6.45, 7) is 0.264. The van der Waals surface area contributed by atoms with Crippen molar-refractivity contribution in [2.75, 3.05) is 11.9 Å². The minimum absolute atomic E-state index is 0.264. The van der Waals surface area contributed by atoms with Gasteiger partial charge in [-0.1, -0.05) is 0 Å². The predicted molar refractivity (Wildman–Crippen MR) is 65.5 cm³/mol. The molecule has 1 aliphatic rings. The fourth-order valence-electron chi connectivity index (χ4n) is 1.38. The van der Waals surface area contributed by atoms with Crippen LogP contribution < -0.4 is 10.6 Å². The number of hydrogen-bond acceptors (Lipinski definition) is 4. The molecule has 0 spiro atoms. The first kappa shape index (κ1) is 12.3. The number of aromatic nitrogens is 2. The molecule has 1 aromatic rings. The van der Waals surface area contributed by atoms with Gasteiger partial charge in [0.2, 0.25) is 0 Å². The lowest BCUT2D eigenvalue weighted by Crippen LogP contribution is -2.36. The molecule has 3 N–H and O–H groups in total. The van der Waals surface area contributed by atoms with Crippen molar-refractivity contribution in [3.8, 4) is 0 Å². The van der Waals surface area contributed by atoms with Gasteiger partial charge < -0.3 is 10.4 Å². The Bertz CT molecular complexity index is 394. The van der Waals surface area contributed by atoms with Gasteiger partial charge in [-0.3, -0.25) is 5.32 Å². The van der Waals surface area contributed by atoms with Crippen LogP contribution in [-0.4, -0.2) is 33.8 Å². The van der Waals surface area contributed by atoms with Gasteiger partial charge in [-0.25, -0.2) is 14.8 Å². The normalized spacial score (nSPS) is 16.4. The van der Waals surface area contributed by atoms with Crippen LogP contribution in [0.4, 0.5) is 10.6 Å². The van der Waals surface area contributed by atoms with E-state index in [0.29, 0.717) is 16.3 Å². The number of carbonyl (C=O) groups is 1. The van der Waals surface area contributed by atoms with Gasteiger partial charge in [0.1, 0.15) is 4.60 Å². The highest BCUT2D eigenvalue weighted by molar-refractivity contribution is 9.10. The maximum Gasteiger partial charge on any atom is 0.320 e. The van der Waals surface area contributed by atoms with Crippen molar-refractivity contribution < 1.29 is 9.90 Å². The molecule has 1 heterocycles. The average molecular weight is 301 g/mol. The van der Waals surface area contributed by atoms with Crippen LogP contribution in [0.15, 0.2) is 17.0 Å². The highest BCUT2D eigenvalue weighted by Gasteiger charge is 2.29. The van der Waals surface area contributed by atoms with Crippen molar-refractivity contribution in [3.05, 3.63) is 17.0 Å². The fourth-order valence-corrected chi connectivity index (χ4v) is 1.59. The third-order valence-corrected chi connectivity index (χ3v) is 2.91. The molecule has 6 nitrogen and oxygen atoms in total. The Balaban J connectivity index is 1.74. The Kier molecular flexibility index (Phi) is 3.90. The van der Waals surface area contributed by atoms with Gasteiger partial charge in [0, 0.05) is 6.54 Å². The van der Waals surface area contributed by atoms with Gasteiger partial charge in [0.15, 0.2) is 5.82 Å². The summed E-state index contributed by atoms with van der Waals surface area (Å²) in [6.07, 6.45) is 4.58. The summed E-state index contributed by atoms with van der Waals surface area (Å²) in [7, 11) is 0. The molecule has 92 valence electrons. The van der Waals surface area contributed by atoms with E-state index in [1.807, 2.05) is 0 Å². The number of nitrogens with one attached hydrogen (secondary N) is 2. The first-order valence-electron chi connectivity index (χ1n) is 5.35. The Morgan fingerprint density at radius 3 is 2.88 bits per heavy atom. The number of aliphatic hydroxyl groups excluding tert-OH is 1. The van der Waals surface area contributed by atoms with Crippen LogP contribution in [0.1, 0.15) is 12.8 Å². The van der Waals surface area contributed by atoms with Crippen LogP contribution in [0.3, 0.4) is 0 Å². The summed E-state index contributed by atoms with van der Waals surface area (Å²) in [6, 6.07) is -0.388. The lowest BCUT2D eigenvalue weighted by atomic mass is 10.2. The number of anilines is 1. The number of halogens is 1. The molecule has 0 aromatic carbocycles. The second kappa shape index (κ2) is 5.42. The monoisotopic (exact) mass is 300 g/mol. The quantitative estimate of drug-likeness (QED) is 0.778. The van der Waals surface area contributed by atoms with Gasteiger partial charge in [-0.2, -0.15) is 0 Å². The molecule has 0 aliphatic heterocycles. The first-order valence-corrected chi connectivity index (χ1v) is 6.15. The maximum atomic E-state index is 11.4. The SMILES string of the molecule is O=C(NCC(O)C1CC1)Nc1cnc(Br)cn1. The van der Waals surface area contributed by atoms with E-state index in [1.165, 1.54) is 12.4 Å². The molecule has 1 aliphatic carbocycles. The third-order valence-electron chi connectivity index (χ3n) is 2.50. The van der Waals surface area contributed by atoms with E-state index < -0.39 is 6.10 Å². The number of carbonyl (C=O) groups excluding carboxylic acids is 1. The molecular weight excluding hydrogens is 288 g/mol. The van der Waals surface area contributed by atoms with Crippen LogP contribution in [0.5, 0.6) is 0 Å². The van der Waals surface area contributed by atoms with Gasteiger partial charge >= 0.3 is 6.03 Å². The Morgan fingerprint density at radius 1 is 1.53 bits per heavy atom. The zero-order valence-corrected chi connectivity index (χ0v) is 10.6. The van der Waals surface area contributed by atoms with Crippen molar-refractivity contribution in [1.29, 1.82) is 0 Å². The van der Waals surface area contributed by atoms with Gasteiger partial charge in [0.25, 0.3) is 0 Å². The van der Waals surface area contributed by atoms with Crippen LogP contribution in [0.2, 0.25) is 0 Å². The molecular formula is C10H13BrN4O2. The summed E-state index contributed by atoms with van der Waals surface area (Å²) in [5, 5.41) is 14.7. The van der Waals surface area contributed by atoms with Gasteiger partial charge in [-0.15, -0.1) is 0 Å². The largest absolute Gasteiger partial charge is 0.391 e. The van der Waals surface area contributed by atoms with Crippen LogP contribution >= 0.6 is 15.9 Å². The van der Waals surface area contributed by atoms with E-state index in [2.05, 4.69) is 36.5 Å². The lowest BCUT2D eigenvalue weighted by molar-refractivity contribution is 0.150. The average Bonchev–Trinajstić information content (AvgIpc) is 3.13. The highest BCUT2D eigenvalue weighted by Crippen LogP contribution is 2.32. The molecule has 0 saturated heterocycles. The van der Waals surface area contributed by atoms with Crippen LogP contribution in [-0.2, 0) is 0 Å². The van der Waals surface area contributed by atoms with E-state index in [4.69, 9.17) is 0 Å². The lowest BCUT2D eigenvalue weighted by Gasteiger charge is -2.11. The molecule has 17 heavy (non-hydrogen) atoms. The minimum atomic E-state index is -0.447. The molecule has 7 heteroatoms. The summed E-state index contributed by atoms with van der Waals surface area (Å²) < 4.78 is 0.604. The van der Waals surface area contributed by atoms with E-state index >= 15 is 0 Å². The van der Waals surface area contributed by atoms with Crippen LogP contribution in [0, 0.1) is 5.92 Å². The smallest absolute Gasteiger partial charge is 0.320 e. The van der Waals surface area contributed by atoms with Crippen LogP contribution in [0.25, 0.3) is 0 Å². The van der Waals surface area contributed by atoms with Crippen molar-refractivity contribution in [3.63, 3.8) is 0 Å². The topological polar surface area (TPSA) is 87.1 Å². The molecule has 2 rings (SSSR count). The third kappa shape index (κ3) is 3.94. The van der Waals surface area contributed by atoms with Gasteiger partial charge in [0.05, 0.1) is 18.5 Å². The molecule has 0 bridgehead atoms. The summed E-state index contributed by atoms with van der Waals surface area (Å²) in [5.41, 5.74) is 0.